The first-order valence-electron chi connectivity index (χ1n) is 16.0. The van der Waals surface area contributed by atoms with Crippen LogP contribution >= 0.6 is 0 Å². The van der Waals surface area contributed by atoms with Crippen LogP contribution in [0.25, 0.3) is 0 Å². The first kappa shape index (κ1) is 32.9. The average molecular weight is 638 g/mol. The van der Waals surface area contributed by atoms with Gasteiger partial charge in [0.1, 0.15) is 12.6 Å². The molecule has 0 aliphatic heterocycles. The molecule has 0 aromatic heterocycles. The second-order valence-electron chi connectivity index (χ2n) is 12.2. The molecular formula is C38H43N3O4S. The van der Waals surface area contributed by atoms with E-state index in [4.69, 9.17) is 0 Å². The number of nitrogens with one attached hydrogen (secondary N) is 1. The van der Waals surface area contributed by atoms with Crippen molar-refractivity contribution in [1.29, 1.82) is 0 Å². The number of rotatable bonds is 12. The van der Waals surface area contributed by atoms with E-state index in [2.05, 4.69) is 5.32 Å². The molecule has 240 valence electrons. The minimum absolute atomic E-state index is 0.0534. The van der Waals surface area contributed by atoms with E-state index >= 15 is 0 Å². The number of amides is 2. The van der Waals surface area contributed by atoms with Crippen LogP contribution in [0.2, 0.25) is 0 Å². The zero-order valence-electron chi connectivity index (χ0n) is 26.6. The topological polar surface area (TPSA) is 86.8 Å². The second-order valence-corrected chi connectivity index (χ2v) is 14.1. The quantitative estimate of drug-likeness (QED) is 0.190. The van der Waals surface area contributed by atoms with Gasteiger partial charge in [-0.25, -0.2) is 8.42 Å². The van der Waals surface area contributed by atoms with Gasteiger partial charge in [-0.3, -0.25) is 13.9 Å². The van der Waals surface area contributed by atoms with Gasteiger partial charge in [0.2, 0.25) is 11.8 Å². The first-order valence-corrected chi connectivity index (χ1v) is 17.5. The van der Waals surface area contributed by atoms with Crippen LogP contribution in [0.1, 0.15) is 54.4 Å². The van der Waals surface area contributed by atoms with Crippen molar-refractivity contribution in [3.8, 4) is 0 Å². The number of nitrogens with zero attached hydrogens (tertiary/aromatic N) is 2. The van der Waals surface area contributed by atoms with E-state index in [1.54, 1.807) is 41.3 Å². The Labute approximate surface area is 273 Å². The van der Waals surface area contributed by atoms with Gasteiger partial charge in [-0.1, -0.05) is 110 Å². The third-order valence-electron chi connectivity index (χ3n) is 8.56. The van der Waals surface area contributed by atoms with E-state index < -0.39 is 28.5 Å². The Morgan fingerprint density at radius 3 is 2.02 bits per heavy atom. The number of benzene rings is 4. The standard InChI is InChI=1S/C38H43N3O4S/c1-29-14-12-18-32(24-29)27-40(36(26-31-16-6-3-7-17-31)38(43)39-33-19-8-4-9-20-33)37(42)28-41(34-21-13-15-30(2)25-34)46(44,45)35-22-10-5-11-23-35/h3,5-7,10-18,21-25,33,36H,4,8-9,19-20,26-28H2,1-2H3,(H,39,43)/t36-/m1/s1. The number of carbonyl (C=O) groups excluding carboxylic acids is 2. The molecule has 0 bridgehead atoms. The van der Waals surface area contributed by atoms with Gasteiger partial charge in [0.15, 0.2) is 0 Å². The van der Waals surface area contributed by atoms with Gasteiger partial charge in [0.25, 0.3) is 10.0 Å². The fourth-order valence-corrected chi connectivity index (χ4v) is 7.56. The third kappa shape index (κ3) is 8.43. The van der Waals surface area contributed by atoms with Gasteiger partial charge < -0.3 is 10.2 Å². The molecule has 8 heteroatoms. The number of hydrogen-bond donors (Lipinski definition) is 1. The van der Waals surface area contributed by atoms with E-state index in [0.717, 1.165) is 54.4 Å². The highest BCUT2D eigenvalue weighted by molar-refractivity contribution is 7.92. The highest BCUT2D eigenvalue weighted by Gasteiger charge is 2.35. The van der Waals surface area contributed by atoms with Crippen LogP contribution in [0.4, 0.5) is 5.69 Å². The van der Waals surface area contributed by atoms with Crippen LogP contribution in [0, 0.1) is 13.8 Å². The van der Waals surface area contributed by atoms with Crippen LogP contribution < -0.4 is 9.62 Å². The van der Waals surface area contributed by atoms with Crippen molar-refractivity contribution in [3.05, 3.63) is 131 Å². The van der Waals surface area contributed by atoms with Crippen LogP contribution in [-0.2, 0) is 32.6 Å². The predicted octanol–water partition coefficient (Wildman–Crippen LogP) is 6.59. The number of anilines is 1. The van der Waals surface area contributed by atoms with Crippen molar-refractivity contribution in [1.82, 2.24) is 10.2 Å². The summed E-state index contributed by atoms with van der Waals surface area (Å²) in [5, 5.41) is 3.26. The molecule has 5 rings (SSSR count). The van der Waals surface area contributed by atoms with E-state index in [-0.39, 0.29) is 23.4 Å². The summed E-state index contributed by atoms with van der Waals surface area (Å²) in [6, 6.07) is 32.0. The molecule has 0 spiro atoms. The molecule has 1 atom stereocenters. The fourth-order valence-electron chi connectivity index (χ4n) is 6.14. The monoisotopic (exact) mass is 637 g/mol. The van der Waals surface area contributed by atoms with Crippen LogP contribution in [0.15, 0.2) is 114 Å². The van der Waals surface area contributed by atoms with Crippen molar-refractivity contribution in [2.75, 3.05) is 10.8 Å². The van der Waals surface area contributed by atoms with E-state index in [1.165, 1.54) is 16.4 Å². The maximum atomic E-state index is 14.6. The molecule has 1 aliphatic carbocycles. The van der Waals surface area contributed by atoms with Crippen molar-refractivity contribution in [2.45, 2.75) is 75.9 Å². The Morgan fingerprint density at radius 1 is 0.761 bits per heavy atom. The summed E-state index contributed by atoms with van der Waals surface area (Å²) >= 11 is 0. The fraction of sp³-hybridized carbons (Fsp3) is 0.316. The van der Waals surface area contributed by atoms with Crippen molar-refractivity contribution in [2.24, 2.45) is 0 Å². The van der Waals surface area contributed by atoms with Crippen LogP contribution in [0.3, 0.4) is 0 Å². The smallest absolute Gasteiger partial charge is 0.264 e. The molecule has 1 fully saturated rings. The number of aryl methyl sites for hydroxylation is 2. The molecule has 4 aromatic carbocycles. The zero-order valence-corrected chi connectivity index (χ0v) is 27.5. The lowest BCUT2D eigenvalue weighted by Crippen LogP contribution is -2.55. The molecule has 0 heterocycles. The molecule has 0 saturated heterocycles. The van der Waals surface area contributed by atoms with Gasteiger partial charge >= 0.3 is 0 Å². The largest absolute Gasteiger partial charge is 0.352 e. The summed E-state index contributed by atoms with van der Waals surface area (Å²) in [6.07, 6.45) is 5.39. The molecule has 46 heavy (non-hydrogen) atoms. The molecule has 0 unspecified atom stereocenters. The normalized spacial score (nSPS) is 14.3. The summed E-state index contributed by atoms with van der Waals surface area (Å²) in [5.41, 5.74) is 4.07. The van der Waals surface area contributed by atoms with Crippen LogP contribution in [-0.4, -0.2) is 43.8 Å². The molecule has 1 N–H and O–H groups in total. The zero-order chi connectivity index (χ0) is 32.5. The Kier molecular flexibility index (Phi) is 10.9. The minimum Gasteiger partial charge on any atom is -0.352 e. The second kappa shape index (κ2) is 15.2. The Hall–Kier alpha value is -4.43. The van der Waals surface area contributed by atoms with Gasteiger partial charge in [-0.05, 0) is 67.6 Å². The van der Waals surface area contributed by atoms with Gasteiger partial charge in [-0.2, -0.15) is 0 Å². The number of sulfonamides is 1. The summed E-state index contributed by atoms with van der Waals surface area (Å²) in [6.45, 7) is 3.56. The van der Waals surface area contributed by atoms with Crippen molar-refractivity contribution < 1.29 is 18.0 Å². The van der Waals surface area contributed by atoms with Gasteiger partial charge in [-0.15, -0.1) is 0 Å². The lowest BCUT2D eigenvalue weighted by atomic mass is 9.94. The molecule has 7 nitrogen and oxygen atoms in total. The molecular weight excluding hydrogens is 595 g/mol. The average Bonchev–Trinajstić information content (AvgIpc) is 3.06. The Morgan fingerprint density at radius 2 is 1.37 bits per heavy atom. The Balaban J connectivity index is 1.56. The molecule has 2 amide bonds. The van der Waals surface area contributed by atoms with E-state index in [0.29, 0.717) is 12.1 Å². The summed E-state index contributed by atoms with van der Waals surface area (Å²) < 4.78 is 29.4. The third-order valence-corrected chi connectivity index (χ3v) is 10.3. The highest BCUT2D eigenvalue weighted by Crippen LogP contribution is 2.26. The first-order chi connectivity index (χ1) is 22.2. The highest BCUT2D eigenvalue weighted by atomic mass is 32.2. The maximum Gasteiger partial charge on any atom is 0.264 e. The summed E-state index contributed by atoms with van der Waals surface area (Å²) in [4.78, 5) is 30.5. The van der Waals surface area contributed by atoms with Gasteiger partial charge in [0, 0.05) is 19.0 Å². The van der Waals surface area contributed by atoms with Crippen molar-refractivity contribution >= 4 is 27.5 Å². The van der Waals surface area contributed by atoms with Crippen LogP contribution in [0.5, 0.6) is 0 Å². The number of hydrogen-bond acceptors (Lipinski definition) is 4. The Bertz CT molecular complexity index is 1720. The molecule has 4 aromatic rings. The predicted molar refractivity (Wildman–Crippen MR) is 183 cm³/mol. The lowest BCUT2D eigenvalue weighted by molar-refractivity contribution is -0.140. The van der Waals surface area contributed by atoms with E-state index in [1.807, 2.05) is 74.5 Å². The summed E-state index contributed by atoms with van der Waals surface area (Å²) in [5.74, 6) is -0.674. The summed E-state index contributed by atoms with van der Waals surface area (Å²) in [7, 11) is -4.12. The van der Waals surface area contributed by atoms with E-state index in [9.17, 15) is 18.0 Å². The maximum absolute atomic E-state index is 14.6. The molecule has 0 radical (unpaired) electrons. The minimum atomic E-state index is -4.12. The lowest BCUT2D eigenvalue weighted by Gasteiger charge is -2.35. The number of carbonyl (C=O) groups is 2. The molecule has 1 saturated carbocycles. The van der Waals surface area contributed by atoms with Crippen molar-refractivity contribution in [3.63, 3.8) is 0 Å². The van der Waals surface area contributed by atoms with Gasteiger partial charge in [0.05, 0.1) is 10.6 Å². The molecule has 1 aliphatic rings. The SMILES string of the molecule is Cc1cccc(CN(C(=O)CN(c2cccc(C)c2)S(=O)(=O)c2ccccc2)[C@H](Cc2ccccc2)C(=O)NC2CCCCC2)c1.